The number of carbonyl (C=O) groups excluding carboxylic acids is 1. The van der Waals surface area contributed by atoms with Gasteiger partial charge in [0.25, 0.3) is 5.69 Å². The molecule has 146 valence electrons. The molecule has 0 saturated heterocycles. The molecular formula is C20H20N2O6. The number of hydrogen-bond donors (Lipinski definition) is 1. The monoisotopic (exact) mass is 384 g/mol. The molecule has 1 N–H and O–H groups in total. The molecule has 0 spiro atoms. The van der Waals surface area contributed by atoms with Crippen LogP contribution in [0, 0.1) is 10.1 Å². The first kappa shape index (κ1) is 20.5. The molecule has 28 heavy (non-hydrogen) atoms. The standard InChI is InChI=1S/C20H20N2O6/c1-4-11-28-18-8-5-14(12-19(18)27-3)6-10-20(23)21-16-13-15(22(24)25)7-9-17(16)26-2/h4-10,12-13H,1,11H2,2-3H3,(H,21,23)/b10-6+. The fourth-order valence-corrected chi connectivity index (χ4v) is 2.31. The van der Waals surface area contributed by atoms with Gasteiger partial charge in [0.15, 0.2) is 11.5 Å². The molecule has 0 aliphatic rings. The largest absolute Gasteiger partial charge is 0.495 e. The zero-order chi connectivity index (χ0) is 20.5. The molecule has 0 unspecified atom stereocenters. The SMILES string of the molecule is C=CCOc1ccc(/C=C/C(=O)Nc2cc([N+](=O)[O-])ccc2OC)cc1OC. The molecule has 0 atom stereocenters. The lowest BCUT2D eigenvalue weighted by Gasteiger charge is -2.10. The minimum absolute atomic E-state index is 0.153. The van der Waals surface area contributed by atoms with E-state index in [-0.39, 0.29) is 11.4 Å². The molecule has 2 rings (SSSR count). The molecule has 2 aromatic carbocycles. The van der Waals surface area contributed by atoms with Gasteiger partial charge in [0.05, 0.1) is 24.8 Å². The van der Waals surface area contributed by atoms with E-state index in [1.807, 2.05) is 0 Å². The van der Waals surface area contributed by atoms with Crippen molar-refractivity contribution in [1.82, 2.24) is 0 Å². The Kier molecular flexibility index (Phi) is 7.15. The summed E-state index contributed by atoms with van der Waals surface area (Å²) in [5, 5.41) is 13.5. The van der Waals surface area contributed by atoms with Crippen molar-refractivity contribution in [1.29, 1.82) is 0 Å². The molecule has 0 aliphatic carbocycles. The molecule has 0 radical (unpaired) electrons. The summed E-state index contributed by atoms with van der Waals surface area (Å²) in [7, 11) is 2.93. The normalized spacial score (nSPS) is 10.4. The van der Waals surface area contributed by atoms with Gasteiger partial charge in [-0.15, -0.1) is 0 Å². The van der Waals surface area contributed by atoms with E-state index in [0.717, 1.165) is 0 Å². The van der Waals surface area contributed by atoms with E-state index < -0.39 is 10.8 Å². The highest BCUT2D eigenvalue weighted by Crippen LogP contribution is 2.30. The molecule has 8 heteroatoms. The van der Waals surface area contributed by atoms with Crippen LogP contribution in [0.2, 0.25) is 0 Å². The van der Waals surface area contributed by atoms with Crippen LogP contribution in [0.5, 0.6) is 17.2 Å². The number of nitrogens with zero attached hydrogens (tertiary/aromatic N) is 1. The summed E-state index contributed by atoms with van der Waals surface area (Å²) in [5.41, 5.74) is 0.765. The van der Waals surface area contributed by atoms with Crippen LogP contribution in [0.4, 0.5) is 11.4 Å². The van der Waals surface area contributed by atoms with Gasteiger partial charge < -0.3 is 19.5 Å². The number of carbonyl (C=O) groups is 1. The van der Waals surface area contributed by atoms with Crippen molar-refractivity contribution < 1.29 is 23.9 Å². The number of rotatable bonds is 9. The van der Waals surface area contributed by atoms with Crippen LogP contribution in [0.25, 0.3) is 6.08 Å². The van der Waals surface area contributed by atoms with Gasteiger partial charge in [-0.3, -0.25) is 14.9 Å². The zero-order valence-corrected chi connectivity index (χ0v) is 15.5. The molecule has 1 amide bonds. The predicted molar refractivity (Wildman–Crippen MR) is 106 cm³/mol. The third kappa shape index (κ3) is 5.34. The second kappa shape index (κ2) is 9.77. The van der Waals surface area contributed by atoms with Crippen LogP contribution in [-0.2, 0) is 4.79 Å². The van der Waals surface area contributed by atoms with E-state index in [1.54, 1.807) is 30.4 Å². The molecule has 0 heterocycles. The average Bonchev–Trinajstić information content (AvgIpc) is 2.70. The number of methoxy groups -OCH3 is 2. The number of benzene rings is 2. The first-order valence-electron chi connectivity index (χ1n) is 8.21. The Morgan fingerprint density at radius 1 is 1.14 bits per heavy atom. The Bertz CT molecular complexity index is 908. The van der Waals surface area contributed by atoms with Crippen LogP contribution in [0.15, 0.2) is 55.1 Å². The molecule has 0 aliphatic heterocycles. The fraction of sp³-hybridized carbons (Fsp3) is 0.150. The minimum Gasteiger partial charge on any atom is -0.495 e. The minimum atomic E-state index is -0.548. The third-order valence-electron chi connectivity index (χ3n) is 3.62. The lowest BCUT2D eigenvalue weighted by Crippen LogP contribution is -2.09. The Balaban J connectivity index is 2.14. The maximum absolute atomic E-state index is 12.2. The highest BCUT2D eigenvalue weighted by atomic mass is 16.6. The number of amides is 1. The van der Waals surface area contributed by atoms with Crippen LogP contribution in [0.3, 0.4) is 0 Å². The second-order valence-corrected chi connectivity index (χ2v) is 5.47. The van der Waals surface area contributed by atoms with Gasteiger partial charge in [0.2, 0.25) is 5.91 Å². The fourth-order valence-electron chi connectivity index (χ4n) is 2.31. The predicted octanol–water partition coefficient (Wildman–Crippen LogP) is 3.83. The van der Waals surface area contributed by atoms with E-state index in [0.29, 0.717) is 29.4 Å². The zero-order valence-electron chi connectivity index (χ0n) is 15.5. The summed E-state index contributed by atoms with van der Waals surface area (Å²) in [6.45, 7) is 3.94. The van der Waals surface area contributed by atoms with Crippen molar-refractivity contribution in [2.24, 2.45) is 0 Å². The van der Waals surface area contributed by atoms with Gasteiger partial charge in [0.1, 0.15) is 12.4 Å². The molecule has 0 fully saturated rings. The summed E-state index contributed by atoms with van der Waals surface area (Å²) >= 11 is 0. The highest BCUT2D eigenvalue weighted by Gasteiger charge is 2.12. The van der Waals surface area contributed by atoms with E-state index in [2.05, 4.69) is 11.9 Å². The summed E-state index contributed by atoms with van der Waals surface area (Å²) in [6.07, 6.45) is 4.51. The summed E-state index contributed by atoms with van der Waals surface area (Å²) < 4.78 is 15.9. The van der Waals surface area contributed by atoms with Crippen molar-refractivity contribution >= 4 is 23.4 Å². The van der Waals surface area contributed by atoms with Gasteiger partial charge in [-0.2, -0.15) is 0 Å². The molecule has 0 saturated carbocycles. The molecule has 0 aromatic heterocycles. The maximum Gasteiger partial charge on any atom is 0.271 e. The summed E-state index contributed by atoms with van der Waals surface area (Å²) in [5.74, 6) is 0.928. The molecule has 8 nitrogen and oxygen atoms in total. The van der Waals surface area contributed by atoms with Crippen molar-refractivity contribution in [2.75, 3.05) is 26.1 Å². The van der Waals surface area contributed by atoms with Gasteiger partial charge in [-0.25, -0.2) is 0 Å². The van der Waals surface area contributed by atoms with E-state index in [4.69, 9.17) is 14.2 Å². The third-order valence-corrected chi connectivity index (χ3v) is 3.62. The quantitative estimate of drug-likeness (QED) is 0.305. The van der Waals surface area contributed by atoms with E-state index in [9.17, 15) is 14.9 Å². The Morgan fingerprint density at radius 3 is 2.50 bits per heavy atom. The van der Waals surface area contributed by atoms with Crippen molar-refractivity contribution in [3.63, 3.8) is 0 Å². The lowest BCUT2D eigenvalue weighted by molar-refractivity contribution is -0.384. The molecule has 2 aromatic rings. The van der Waals surface area contributed by atoms with Crippen molar-refractivity contribution in [3.05, 3.63) is 70.8 Å². The van der Waals surface area contributed by atoms with Crippen LogP contribution >= 0.6 is 0 Å². The maximum atomic E-state index is 12.2. The van der Waals surface area contributed by atoms with Gasteiger partial charge in [-0.1, -0.05) is 18.7 Å². The second-order valence-electron chi connectivity index (χ2n) is 5.47. The van der Waals surface area contributed by atoms with Crippen LogP contribution in [-0.4, -0.2) is 31.7 Å². The smallest absolute Gasteiger partial charge is 0.271 e. The Morgan fingerprint density at radius 2 is 1.86 bits per heavy atom. The topological polar surface area (TPSA) is 99.9 Å². The van der Waals surface area contributed by atoms with Gasteiger partial charge >= 0.3 is 0 Å². The number of nitrogens with one attached hydrogen (secondary N) is 1. The van der Waals surface area contributed by atoms with Crippen molar-refractivity contribution in [3.8, 4) is 17.2 Å². The summed E-state index contributed by atoms with van der Waals surface area (Å²) in [4.78, 5) is 22.6. The number of nitro benzene ring substituents is 1. The first-order chi connectivity index (χ1) is 13.5. The number of nitro groups is 1. The Hall–Kier alpha value is -3.81. The number of hydrogen-bond acceptors (Lipinski definition) is 6. The average molecular weight is 384 g/mol. The Labute approximate surface area is 162 Å². The lowest BCUT2D eigenvalue weighted by atomic mass is 10.2. The number of non-ortho nitro benzene ring substituents is 1. The first-order valence-corrected chi connectivity index (χ1v) is 8.21. The number of anilines is 1. The van der Waals surface area contributed by atoms with E-state index >= 15 is 0 Å². The molecule has 0 bridgehead atoms. The molecular weight excluding hydrogens is 364 g/mol. The van der Waals surface area contributed by atoms with E-state index in [1.165, 1.54) is 38.5 Å². The highest BCUT2D eigenvalue weighted by molar-refractivity contribution is 6.03. The van der Waals surface area contributed by atoms with Crippen molar-refractivity contribution in [2.45, 2.75) is 0 Å². The van der Waals surface area contributed by atoms with Gasteiger partial charge in [0, 0.05) is 18.2 Å². The van der Waals surface area contributed by atoms with Gasteiger partial charge in [-0.05, 0) is 29.8 Å². The number of ether oxygens (including phenoxy) is 3. The van der Waals surface area contributed by atoms with Crippen LogP contribution in [0.1, 0.15) is 5.56 Å². The van der Waals surface area contributed by atoms with Crippen LogP contribution < -0.4 is 19.5 Å². The summed E-state index contributed by atoms with van der Waals surface area (Å²) in [6, 6.07) is 9.16.